The second-order valence-corrected chi connectivity index (χ2v) is 7.03. The Morgan fingerprint density at radius 3 is 2.88 bits per heavy atom. The molecule has 26 heavy (non-hydrogen) atoms. The monoisotopic (exact) mass is 357 g/mol. The molecule has 0 atom stereocenters. The predicted molar refractivity (Wildman–Crippen MR) is 92.6 cm³/mol. The molecule has 0 radical (unpaired) electrons. The second kappa shape index (κ2) is 6.17. The van der Waals surface area contributed by atoms with Crippen LogP contribution in [-0.4, -0.2) is 17.3 Å². The SMILES string of the molecule is CC1(C)Cc2cccc(OCc3cc([N+](=O)[O-])cc4c3OCOC4)c2O1. The van der Waals surface area contributed by atoms with Crippen molar-refractivity contribution in [2.45, 2.75) is 39.1 Å². The molecule has 0 N–H and O–H groups in total. The van der Waals surface area contributed by atoms with Gasteiger partial charge in [0.2, 0.25) is 0 Å². The average Bonchev–Trinajstić information content (AvgIpc) is 2.93. The van der Waals surface area contributed by atoms with Crippen molar-refractivity contribution in [2.75, 3.05) is 6.79 Å². The smallest absolute Gasteiger partial charge is 0.270 e. The summed E-state index contributed by atoms with van der Waals surface area (Å²) in [4.78, 5) is 10.8. The van der Waals surface area contributed by atoms with E-state index in [9.17, 15) is 10.1 Å². The van der Waals surface area contributed by atoms with Crippen molar-refractivity contribution in [3.05, 3.63) is 57.1 Å². The number of hydrogen-bond donors (Lipinski definition) is 0. The third-order valence-electron chi connectivity index (χ3n) is 4.42. The van der Waals surface area contributed by atoms with Gasteiger partial charge in [0.15, 0.2) is 18.3 Å². The molecule has 0 aliphatic carbocycles. The molecule has 0 unspecified atom stereocenters. The number of fused-ring (bicyclic) bond motifs is 2. The van der Waals surface area contributed by atoms with Crippen LogP contribution in [0.25, 0.3) is 0 Å². The zero-order valence-corrected chi connectivity index (χ0v) is 14.6. The molecule has 2 aromatic carbocycles. The second-order valence-electron chi connectivity index (χ2n) is 7.03. The Kier molecular flexibility index (Phi) is 3.96. The predicted octanol–water partition coefficient (Wildman–Crippen LogP) is 3.75. The molecule has 7 nitrogen and oxygen atoms in total. The molecule has 2 aromatic rings. The van der Waals surface area contributed by atoms with Gasteiger partial charge in [0, 0.05) is 35.2 Å². The van der Waals surface area contributed by atoms with E-state index in [1.165, 1.54) is 12.1 Å². The summed E-state index contributed by atoms with van der Waals surface area (Å²) in [5.41, 5.74) is 2.09. The van der Waals surface area contributed by atoms with Gasteiger partial charge in [-0.25, -0.2) is 0 Å². The lowest BCUT2D eigenvalue weighted by molar-refractivity contribution is -0.385. The van der Waals surface area contributed by atoms with Gasteiger partial charge in [-0.15, -0.1) is 0 Å². The zero-order valence-electron chi connectivity index (χ0n) is 14.6. The van der Waals surface area contributed by atoms with Crippen LogP contribution in [0, 0.1) is 10.1 Å². The maximum Gasteiger partial charge on any atom is 0.270 e. The maximum atomic E-state index is 11.2. The van der Waals surface area contributed by atoms with Crippen LogP contribution in [0.3, 0.4) is 0 Å². The van der Waals surface area contributed by atoms with Crippen LogP contribution in [-0.2, 0) is 24.4 Å². The summed E-state index contributed by atoms with van der Waals surface area (Å²) in [6.45, 7) is 4.60. The summed E-state index contributed by atoms with van der Waals surface area (Å²) >= 11 is 0. The van der Waals surface area contributed by atoms with E-state index in [1.54, 1.807) is 0 Å². The highest BCUT2D eigenvalue weighted by molar-refractivity contribution is 5.52. The Labute approximate surface area is 150 Å². The summed E-state index contributed by atoms with van der Waals surface area (Å²) in [6, 6.07) is 8.74. The Hall–Kier alpha value is -2.80. The van der Waals surface area contributed by atoms with Crippen molar-refractivity contribution in [3.8, 4) is 17.2 Å². The van der Waals surface area contributed by atoms with Crippen LogP contribution in [0.15, 0.2) is 30.3 Å². The summed E-state index contributed by atoms with van der Waals surface area (Å²) < 4.78 is 22.7. The third-order valence-corrected chi connectivity index (χ3v) is 4.42. The number of para-hydroxylation sites is 1. The fraction of sp³-hybridized carbons (Fsp3) is 0.368. The van der Waals surface area contributed by atoms with Crippen molar-refractivity contribution in [2.24, 2.45) is 0 Å². The van der Waals surface area contributed by atoms with Gasteiger partial charge >= 0.3 is 0 Å². The highest BCUT2D eigenvalue weighted by Crippen LogP contribution is 2.42. The van der Waals surface area contributed by atoms with E-state index in [1.807, 2.05) is 32.0 Å². The normalized spacial score (nSPS) is 16.8. The highest BCUT2D eigenvalue weighted by Gasteiger charge is 2.32. The molecule has 136 valence electrons. The van der Waals surface area contributed by atoms with E-state index in [2.05, 4.69) is 0 Å². The first-order valence-electron chi connectivity index (χ1n) is 8.37. The van der Waals surface area contributed by atoms with Crippen molar-refractivity contribution in [1.82, 2.24) is 0 Å². The van der Waals surface area contributed by atoms with Crippen LogP contribution in [0.4, 0.5) is 5.69 Å². The summed E-state index contributed by atoms with van der Waals surface area (Å²) in [5, 5.41) is 11.2. The van der Waals surface area contributed by atoms with E-state index in [4.69, 9.17) is 18.9 Å². The zero-order chi connectivity index (χ0) is 18.3. The molecule has 0 saturated heterocycles. The molecule has 0 bridgehead atoms. The number of non-ortho nitro benzene ring substituents is 1. The van der Waals surface area contributed by atoms with Gasteiger partial charge in [-0.2, -0.15) is 0 Å². The number of hydrogen-bond acceptors (Lipinski definition) is 6. The minimum Gasteiger partial charge on any atom is -0.485 e. The quantitative estimate of drug-likeness (QED) is 0.612. The molecule has 0 fully saturated rings. The molecule has 2 aliphatic rings. The van der Waals surface area contributed by atoms with Gasteiger partial charge in [-0.05, 0) is 19.9 Å². The Balaban J connectivity index is 1.63. The van der Waals surface area contributed by atoms with Crippen LogP contribution < -0.4 is 14.2 Å². The number of ether oxygens (including phenoxy) is 4. The van der Waals surface area contributed by atoms with E-state index in [-0.39, 0.29) is 31.3 Å². The fourth-order valence-corrected chi connectivity index (χ4v) is 3.35. The molecule has 2 aliphatic heterocycles. The molecular weight excluding hydrogens is 338 g/mol. The highest BCUT2D eigenvalue weighted by atomic mass is 16.7. The largest absolute Gasteiger partial charge is 0.485 e. The van der Waals surface area contributed by atoms with Gasteiger partial charge in [0.05, 0.1) is 11.5 Å². The first-order chi connectivity index (χ1) is 12.4. The molecule has 4 rings (SSSR count). The number of rotatable bonds is 4. The molecular formula is C19H19NO6. The summed E-state index contributed by atoms with van der Waals surface area (Å²) in [6.07, 6.45) is 0.812. The minimum absolute atomic E-state index is 0.00729. The molecule has 0 amide bonds. The van der Waals surface area contributed by atoms with Gasteiger partial charge in [0.1, 0.15) is 18.0 Å². The van der Waals surface area contributed by atoms with Gasteiger partial charge in [0.25, 0.3) is 5.69 Å². The number of nitrogens with zero attached hydrogens (tertiary/aromatic N) is 1. The lowest BCUT2D eigenvalue weighted by atomic mass is 10.0. The maximum absolute atomic E-state index is 11.2. The van der Waals surface area contributed by atoms with Gasteiger partial charge < -0.3 is 18.9 Å². The Morgan fingerprint density at radius 2 is 2.08 bits per heavy atom. The van der Waals surface area contributed by atoms with Gasteiger partial charge in [-0.3, -0.25) is 10.1 Å². The topological polar surface area (TPSA) is 80.1 Å². The first kappa shape index (κ1) is 16.7. The van der Waals surface area contributed by atoms with Crippen molar-refractivity contribution >= 4 is 5.69 Å². The van der Waals surface area contributed by atoms with E-state index in [0.29, 0.717) is 22.6 Å². The number of benzene rings is 2. The fourth-order valence-electron chi connectivity index (χ4n) is 3.35. The third kappa shape index (κ3) is 3.06. The van der Waals surface area contributed by atoms with Crippen molar-refractivity contribution in [1.29, 1.82) is 0 Å². The van der Waals surface area contributed by atoms with E-state index >= 15 is 0 Å². The van der Waals surface area contributed by atoms with Crippen LogP contribution in [0.5, 0.6) is 17.2 Å². The number of nitro benzene ring substituents is 1. The Morgan fingerprint density at radius 1 is 1.23 bits per heavy atom. The molecule has 0 spiro atoms. The van der Waals surface area contributed by atoms with Crippen LogP contribution in [0.1, 0.15) is 30.5 Å². The van der Waals surface area contributed by atoms with Crippen LogP contribution >= 0.6 is 0 Å². The standard InChI is InChI=1S/C19H19NO6/c1-19(2)8-12-4-3-5-16(18(12)26-19)24-10-14-7-15(20(21)22)6-13-9-23-11-25-17(13)14/h3-7H,8-11H2,1-2H3. The van der Waals surface area contributed by atoms with Crippen molar-refractivity contribution in [3.63, 3.8) is 0 Å². The van der Waals surface area contributed by atoms with Crippen LogP contribution in [0.2, 0.25) is 0 Å². The molecule has 0 aromatic heterocycles. The van der Waals surface area contributed by atoms with Crippen molar-refractivity contribution < 1.29 is 23.9 Å². The molecule has 2 heterocycles. The molecule has 7 heteroatoms. The number of nitro groups is 1. The summed E-state index contributed by atoms with van der Waals surface area (Å²) in [7, 11) is 0. The minimum atomic E-state index is -0.426. The Bertz CT molecular complexity index is 877. The van der Waals surface area contributed by atoms with E-state index < -0.39 is 4.92 Å². The average molecular weight is 357 g/mol. The first-order valence-corrected chi connectivity index (χ1v) is 8.37. The lowest BCUT2D eigenvalue weighted by Crippen LogP contribution is -2.24. The summed E-state index contributed by atoms with van der Waals surface area (Å²) in [5.74, 6) is 1.96. The van der Waals surface area contributed by atoms with Gasteiger partial charge in [-0.1, -0.05) is 12.1 Å². The lowest BCUT2D eigenvalue weighted by Gasteiger charge is -2.21. The molecule has 0 saturated carbocycles. The van der Waals surface area contributed by atoms with E-state index in [0.717, 1.165) is 17.7 Å².